The molecule has 1 aromatic rings. The molecule has 2 amide bonds. The van der Waals surface area contributed by atoms with Crippen LogP contribution >= 0.6 is 0 Å². The molecule has 6 heteroatoms. The summed E-state index contributed by atoms with van der Waals surface area (Å²) in [4.78, 5) is 36.9. The number of amides is 2. The van der Waals surface area contributed by atoms with Crippen molar-refractivity contribution in [3.05, 3.63) is 29.8 Å². The van der Waals surface area contributed by atoms with Gasteiger partial charge in [-0.25, -0.2) is 4.79 Å². The van der Waals surface area contributed by atoms with Crippen molar-refractivity contribution in [3.63, 3.8) is 0 Å². The number of carbonyl (C=O) groups is 3. The van der Waals surface area contributed by atoms with Gasteiger partial charge in [0.25, 0.3) is 0 Å². The second-order valence-electron chi connectivity index (χ2n) is 7.65. The second-order valence-corrected chi connectivity index (χ2v) is 7.65. The summed E-state index contributed by atoms with van der Waals surface area (Å²) in [5.41, 5.74) is 0.792. The maximum Gasteiger partial charge on any atom is 0.408 e. The molecule has 142 valence electrons. The molecule has 6 nitrogen and oxygen atoms in total. The Kier molecular flexibility index (Phi) is 6.77. The molecule has 1 heterocycles. The van der Waals surface area contributed by atoms with Gasteiger partial charge >= 0.3 is 6.09 Å². The number of benzene rings is 1. The smallest absolute Gasteiger partial charge is 0.408 e. The Morgan fingerprint density at radius 1 is 1.15 bits per heavy atom. The van der Waals surface area contributed by atoms with Crippen molar-refractivity contribution in [1.82, 2.24) is 5.32 Å². The Bertz CT molecular complexity index is 664. The summed E-state index contributed by atoms with van der Waals surface area (Å²) in [6.07, 6.45) is 2.91. The zero-order chi connectivity index (χ0) is 19.2. The van der Waals surface area contributed by atoms with E-state index in [1.807, 2.05) is 18.2 Å². The largest absolute Gasteiger partial charge is 0.444 e. The van der Waals surface area contributed by atoms with Gasteiger partial charge in [-0.15, -0.1) is 0 Å². The van der Waals surface area contributed by atoms with Crippen molar-refractivity contribution < 1.29 is 19.1 Å². The Balaban J connectivity index is 2.16. The van der Waals surface area contributed by atoms with Crippen LogP contribution in [0, 0.1) is 0 Å². The number of ketones is 1. The summed E-state index contributed by atoms with van der Waals surface area (Å²) in [7, 11) is 0. The van der Waals surface area contributed by atoms with Crippen LogP contribution < -0.4 is 10.6 Å². The SMILES string of the molecule is CC(C)(C)OC(=O)N[C@H]1CCCCCC(=O)Nc2ccccc2CC1=O. The molecule has 1 aliphatic heterocycles. The van der Waals surface area contributed by atoms with Crippen LogP contribution in [0.3, 0.4) is 0 Å². The molecule has 1 aliphatic rings. The first-order chi connectivity index (χ1) is 12.2. The molecule has 0 unspecified atom stereocenters. The molecule has 0 radical (unpaired) electrons. The average Bonchev–Trinajstić information content (AvgIpc) is 2.52. The fourth-order valence-corrected chi connectivity index (χ4v) is 2.89. The van der Waals surface area contributed by atoms with E-state index in [0.29, 0.717) is 18.5 Å². The van der Waals surface area contributed by atoms with E-state index >= 15 is 0 Å². The van der Waals surface area contributed by atoms with E-state index in [9.17, 15) is 14.4 Å². The molecule has 2 rings (SSSR count). The number of hydrogen-bond donors (Lipinski definition) is 2. The van der Waals surface area contributed by atoms with Gasteiger partial charge in [-0.3, -0.25) is 9.59 Å². The summed E-state index contributed by atoms with van der Waals surface area (Å²) >= 11 is 0. The highest BCUT2D eigenvalue weighted by Gasteiger charge is 2.25. The van der Waals surface area contributed by atoms with Gasteiger partial charge in [-0.05, 0) is 45.2 Å². The molecule has 0 aromatic heterocycles. The Morgan fingerprint density at radius 2 is 1.88 bits per heavy atom. The van der Waals surface area contributed by atoms with Crippen LogP contribution in [0.15, 0.2) is 24.3 Å². The molecular formula is C20H28N2O4. The molecule has 26 heavy (non-hydrogen) atoms. The molecule has 1 atom stereocenters. The maximum atomic E-state index is 12.8. The van der Waals surface area contributed by atoms with Crippen LogP contribution in [0.2, 0.25) is 0 Å². The van der Waals surface area contributed by atoms with Crippen molar-refractivity contribution in [2.24, 2.45) is 0 Å². The normalized spacial score (nSPS) is 19.4. The first-order valence-corrected chi connectivity index (χ1v) is 9.14. The van der Waals surface area contributed by atoms with Crippen LogP contribution in [0.1, 0.15) is 58.4 Å². The number of carbonyl (C=O) groups excluding carboxylic acids is 3. The molecule has 1 aromatic carbocycles. The lowest BCUT2D eigenvalue weighted by atomic mass is 9.97. The third-order valence-electron chi connectivity index (χ3n) is 4.13. The van der Waals surface area contributed by atoms with Gasteiger partial charge in [0.15, 0.2) is 5.78 Å². The van der Waals surface area contributed by atoms with Gasteiger partial charge in [-0.1, -0.05) is 31.0 Å². The summed E-state index contributed by atoms with van der Waals surface area (Å²) in [6, 6.07) is 6.69. The van der Waals surface area contributed by atoms with Gasteiger partial charge in [0.05, 0.1) is 6.04 Å². The predicted molar refractivity (Wildman–Crippen MR) is 100 cm³/mol. The fourth-order valence-electron chi connectivity index (χ4n) is 2.89. The summed E-state index contributed by atoms with van der Waals surface area (Å²) in [5, 5.41) is 5.60. The first-order valence-electron chi connectivity index (χ1n) is 9.14. The average molecular weight is 360 g/mol. The first kappa shape index (κ1) is 19.9. The number of anilines is 1. The zero-order valence-corrected chi connectivity index (χ0v) is 15.8. The Hall–Kier alpha value is -2.37. The van der Waals surface area contributed by atoms with Crippen molar-refractivity contribution in [1.29, 1.82) is 0 Å². The maximum absolute atomic E-state index is 12.8. The summed E-state index contributed by atoms with van der Waals surface area (Å²) < 4.78 is 5.29. The summed E-state index contributed by atoms with van der Waals surface area (Å²) in [6.45, 7) is 5.36. The van der Waals surface area contributed by atoms with Gasteiger partial charge in [0.2, 0.25) is 5.91 Å². The number of ether oxygens (including phenoxy) is 1. The number of para-hydroxylation sites is 1. The van der Waals surface area contributed by atoms with Gasteiger partial charge < -0.3 is 15.4 Å². The van der Waals surface area contributed by atoms with E-state index in [0.717, 1.165) is 24.8 Å². The van der Waals surface area contributed by atoms with Crippen LogP contribution in [0.5, 0.6) is 0 Å². The van der Waals surface area contributed by atoms with Crippen LogP contribution in [0.4, 0.5) is 10.5 Å². The third-order valence-corrected chi connectivity index (χ3v) is 4.13. The van der Waals surface area contributed by atoms with Crippen molar-refractivity contribution in [2.75, 3.05) is 5.32 Å². The van der Waals surface area contributed by atoms with E-state index in [2.05, 4.69) is 10.6 Å². The van der Waals surface area contributed by atoms with Gasteiger partial charge in [-0.2, -0.15) is 0 Å². The number of alkyl carbamates (subject to hydrolysis) is 1. The van der Waals surface area contributed by atoms with Gasteiger partial charge in [0.1, 0.15) is 5.60 Å². The fraction of sp³-hybridized carbons (Fsp3) is 0.550. The number of fused-ring (bicyclic) bond motifs is 1. The van der Waals surface area contributed by atoms with E-state index in [1.165, 1.54) is 0 Å². The van der Waals surface area contributed by atoms with E-state index in [4.69, 9.17) is 4.74 Å². The lowest BCUT2D eigenvalue weighted by Gasteiger charge is -2.23. The van der Waals surface area contributed by atoms with Crippen molar-refractivity contribution in [2.45, 2.75) is 70.9 Å². The van der Waals surface area contributed by atoms with E-state index in [-0.39, 0.29) is 18.1 Å². The highest BCUT2D eigenvalue weighted by molar-refractivity contribution is 5.94. The minimum absolute atomic E-state index is 0.0334. The highest BCUT2D eigenvalue weighted by atomic mass is 16.6. The lowest BCUT2D eigenvalue weighted by Crippen LogP contribution is -2.44. The molecule has 0 saturated carbocycles. The Labute approximate surface area is 154 Å². The quantitative estimate of drug-likeness (QED) is 0.801. The van der Waals surface area contributed by atoms with Crippen molar-refractivity contribution in [3.8, 4) is 0 Å². The topological polar surface area (TPSA) is 84.5 Å². The zero-order valence-electron chi connectivity index (χ0n) is 15.8. The number of Topliss-reactive ketones (excluding diaryl/α,β-unsaturated/α-hetero) is 1. The van der Waals surface area contributed by atoms with E-state index in [1.54, 1.807) is 26.8 Å². The monoisotopic (exact) mass is 360 g/mol. The Morgan fingerprint density at radius 3 is 2.62 bits per heavy atom. The molecular weight excluding hydrogens is 332 g/mol. The number of nitrogens with one attached hydrogen (secondary N) is 2. The second kappa shape index (κ2) is 8.83. The third kappa shape index (κ3) is 6.50. The molecule has 0 bridgehead atoms. The van der Waals surface area contributed by atoms with Crippen molar-refractivity contribution >= 4 is 23.5 Å². The molecule has 0 aliphatic carbocycles. The summed E-state index contributed by atoms with van der Waals surface area (Å²) in [5.74, 6) is -0.118. The van der Waals surface area contributed by atoms with E-state index < -0.39 is 17.7 Å². The molecule has 0 saturated heterocycles. The standard InChI is InChI=1S/C20H28N2O4/c1-20(2,3)26-19(25)22-16-11-5-4-6-12-18(24)21-15-10-8-7-9-14(15)13-17(16)23/h7-10,16H,4-6,11-13H2,1-3H3,(H,21,24)(H,22,25)/t16-/m0/s1. The van der Waals surface area contributed by atoms with Crippen LogP contribution in [0.25, 0.3) is 0 Å². The molecule has 0 fully saturated rings. The number of hydrogen-bond acceptors (Lipinski definition) is 4. The molecule has 0 spiro atoms. The predicted octanol–water partition coefficient (Wildman–Crippen LogP) is 3.59. The minimum Gasteiger partial charge on any atom is -0.444 e. The van der Waals surface area contributed by atoms with Crippen LogP contribution in [-0.2, 0) is 20.7 Å². The highest BCUT2D eigenvalue weighted by Crippen LogP contribution is 2.20. The van der Waals surface area contributed by atoms with Crippen LogP contribution in [-0.4, -0.2) is 29.4 Å². The molecule has 2 N–H and O–H groups in total. The minimum atomic E-state index is -0.616. The lowest BCUT2D eigenvalue weighted by molar-refractivity contribution is -0.121. The van der Waals surface area contributed by atoms with Gasteiger partial charge in [0, 0.05) is 18.5 Å². The number of rotatable bonds is 1.